The number of piperidine rings is 1. The number of hydrogen-bond acceptors (Lipinski definition) is 4. The van der Waals surface area contributed by atoms with Crippen LogP contribution in [0.15, 0.2) is 30.3 Å². The Morgan fingerprint density at radius 3 is 2.45 bits per heavy atom. The molecule has 1 saturated heterocycles. The molecule has 1 aromatic heterocycles. The zero-order valence-corrected chi connectivity index (χ0v) is 17.6. The van der Waals surface area contributed by atoms with Crippen molar-refractivity contribution < 1.29 is 4.79 Å². The minimum atomic E-state index is 0.106. The van der Waals surface area contributed by atoms with E-state index in [2.05, 4.69) is 14.8 Å². The Balaban J connectivity index is 1.15. The number of amides is 1. The maximum Gasteiger partial charge on any atom is 0.223 e. The van der Waals surface area contributed by atoms with Crippen molar-refractivity contribution in [3.05, 3.63) is 46.5 Å². The molecular weight excluding hydrogens is 382 g/mol. The summed E-state index contributed by atoms with van der Waals surface area (Å²) in [5, 5.41) is 8.00. The topological polar surface area (TPSA) is 55.1 Å². The molecule has 2 saturated carbocycles. The summed E-state index contributed by atoms with van der Waals surface area (Å²) >= 11 is 5.76. The third-order valence-electron chi connectivity index (χ3n) is 6.35. The molecule has 1 amide bonds. The van der Waals surface area contributed by atoms with Crippen LogP contribution >= 0.6 is 12.2 Å². The number of aromatic nitrogens is 3. The van der Waals surface area contributed by atoms with Crippen LogP contribution in [0.5, 0.6) is 0 Å². The first-order chi connectivity index (χ1) is 14.2. The summed E-state index contributed by atoms with van der Waals surface area (Å²) in [4.78, 5) is 14.9. The fourth-order valence-electron chi connectivity index (χ4n) is 4.28. The summed E-state index contributed by atoms with van der Waals surface area (Å²) in [6.45, 7) is 3.19. The summed E-state index contributed by atoms with van der Waals surface area (Å²) in [7, 11) is 0. The first kappa shape index (κ1) is 19.0. The number of hydrogen-bond donors (Lipinski definition) is 1. The maximum absolute atomic E-state index is 12.5. The van der Waals surface area contributed by atoms with E-state index in [4.69, 9.17) is 17.3 Å². The molecular formula is C22H29N5OS. The van der Waals surface area contributed by atoms with Crippen LogP contribution in [0.2, 0.25) is 0 Å². The number of nitrogens with zero attached hydrogens (tertiary/aromatic N) is 4. The van der Waals surface area contributed by atoms with Crippen molar-refractivity contribution in [3.63, 3.8) is 0 Å². The second-order valence-electron chi connectivity index (χ2n) is 8.75. The Hall–Kier alpha value is -1.99. The zero-order valence-electron chi connectivity index (χ0n) is 16.8. The van der Waals surface area contributed by atoms with E-state index in [1.165, 1.54) is 31.5 Å². The van der Waals surface area contributed by atoms with E-state index in [9.17, 15) is 4.79 Å². The molecule has 7 heteroatoms. The molecule has 0 unspecified atom stereocenters. The molecule has 2 heterocycles. The van der Waals surface area contributed by atoms with E-state index in [1.807, 2.05) is 35.0 Å². The van der Waals surface area contributed by atoms with Gasteiger partial charge in [-0.2, -0.15) is 5.10 Å². The minimum Gasteiger partial charge on any atom is -0.352 e. The van der Waals surface area contributed by atoms with Gasteiger partial charge in [0, 0.05) is 37.5 Å². The van der Waals surface area contributed by atoms with Crippen molar-refractivity contribution in [2.24, 2.45) is 5.92 Å². The Bertz CT molecular complexity index is 920. The van der Waals surface area contributed by atoms with Crippen molar-refractivity contribution in [2.45, 2.75) is 63.7 Å². The van der Waals surface area contributed by atoms with Crippen molar-refractivity contribution in [2.75, 3.05) is 13.1 Å². The largest absolute Gasteiger partial charge is 0.352 e. The van der Waals surface area contributed by atoms with Gasteiger partial charge in [0.15, 0.2) is 4.77 Å². The number of carbonyl (C=O) groups is 1. The highest BCUT2D eigenvalue weighted by Crippen LogP contribution is 2.44. The first-order valence-corrected chi connectivity index (χ1v) is 11.3. The molecule has 0 radical (unpaired) electrons. The first-order valence-electron chi connectivity index (χ1n) is 10.9. The average Bonchev–Trinajstić information content (AvgIpc) is 3.67. The molecule has 0 atom stereocenters. The van der Waals surface area contributed by atoms with Crippen molar-refractivity contribution in [1.82, 2.24) is 24.6 Å². The lowest BCUT2D eigenvalue weighted by Gasteiger charge is -2.30. The fourth-order valence-corrected chi connectivity index (χ4v) is 4.62. The molecule has 0 bridgehead atoms. The molecule has 1 N–H and O–H groups in total. The number of likely N-dealkylation sites (tertiary alicyclic amines) is 1. The van der Waals surface area contributed by atoms with Gasteiger partial charge >= 0.3 is 0 Å². The molecule has 3 aliphatic rings. The van der Waals surface area contributed by atoms with Crippen LogP contribution < -0.4 is 5.32 Å². The van der Waals surface area contributed by atoms with Gasteiger partial charge in [0.05, 0.1) is 6.67 Å². The third kappa shape index (κ3) is 4.31. The molecule has 2 aliphatic carbocycles. The number of carbonyl (C=O) groups excluding carboxylic acids is 1. The Morgan fingerprint density at radius 2 is 1.79 bits per heavy atom. The van der Waals surface area contributed by atoms with E-state index < -0.39 is 0 Å². The molecule has 1 aliphatic heterocycles. The smallest absolute Gasteiger partial charge is 0.223 e. The van der Waals surface area contributed by atoms with Gasteiger partial charge in [-0.1, -0.05) is 30.3 Å². The summed E-state index contributed by atoms with van der Waals surface area (Å²) < 4.78 is 5.24. The monoisotopic (exact) mass is 411 g/mol. The number of nitrogens with one attached hydrogen (secondary N) is 1. The zero-order chi connectivity index (χ0) is 19.8. The van der Waals surface area contributed by atoms with Gasteiger partial charge in [-0.25, -0.2) is 4.68 Å². The minimum absolute atomic E-state index is 0.106. The quantitative estimate of drug-likeness (QED) is 0.707. The van der Waals surface area contributed by atoms with E-state index in [-0.39, 0.29) is 11.8 Å². The highest BCUT2D eigenvalue weighted by atomic mass is 32.1. The van der Waals surface area contributed by atoms with Crippen LogP contribution in [0.3, 0.4) is 0 Å². The second kappa shape index (κ2) is 8.03. The van der Waals surface area contributed by atoms with Crippen LogP contribution in [0.25, 0.3) is 0 Å². The Kier molecular flexibility index (Phi) is 5.26. The van der Waals surface area contributed by atoms with E-state index in [1.54, 1.807) is 0 Å². The van der Waals surface area contributed by atoms with Gasteiger partial charge in [-0.3, -0.25) is 9.69 Å². The summed E-state index contributed by atoms with van der Waals surface area (Å²) in [5.41, 5.74) is 1.14. The van der Waals surface area contributed by atoms with Crippen LogP contribution in [0.4, 0.5) is 0 Å². The summed E-state index contributed by atoms with van der Waals surface area (Å²) in [5.74, 6) is 2.12. The number of benzene rings is 1. The fraction of sp³-hybridized carbons (Fsp3) is 0.591. The van der Waals surface area contributed by atoms with Crippen molar-refractivity contribution >= 4 is 18.1 Å². The SMILES string of the molecule is O=C(NCc1ccccc1)C1CCN(Cn2nc(C3CC3)n(C3CC3)c2=S)CC1. The molecule has 6 nitrogen and oxygen atoms in total. The van der Waals surface area contributed by atoms with Gasteiger partial charge in [-0.15, -0.1) is 0 Å². The average molecular weight is 412 g/mol. The lowest BCUT2D eigenvalue weighted by Crippen LogP contribution is -2.41. The van der Waals surface area contributed by atoms with Crippen LogP contribution in [-0.2, 0) is 18.0 Å². The highest BCUT2D eigenvalue weighted by Gasteiger charge is 2.36. The lowest BCUT2D eigenvalue weighted by atomic mass is 9.96. The van der Waals surface area contributed by atoms with E-state index in [0.29, 0.717) is 18.5 Å². The van der Waals surface area contributed by atoms with Crippen LogP contribution in [-0.4, -0.2) is 38.2 Å². The van der Waals surface area contributed by atoms with Gasteiger partial charge in [0.1, 0.15) is 5.82 Å². The third-order valence-corrected chi connectivity index (χ3v) is 6.76. The normalized spacial score (nSPS) is 20.7. The molecule has 2 aromatic rings. The van der Waals surface area contributed by atoms with E-state index >= 15 is 0 Å². The maximum atomic E-state index is 12.5. The molecule has 5 rings (SSSR count). The molecule has 154 valence electrons. The standard InChI is InChI=1S/C22H29N5OS/c28-21(23-14-16-4-2-1-3-5-16)18-10-12-25(13-11-18)15-26-22(29)27(19-8-9-19)20(24-26)17-6-7-17/h1-5,17-19H,6-15H2,(H,23,28). The van der Waals surface area contributed by atoms with Gasteiger partial charge in [-0.05, 0) is 56.3 Å². The van der Waals surface area contributed by atoms with Gasteiger partial charge in [0.25, 0.3) is 0 Å². The second-order valence-corrected chi connectivity index (χ2v) is 9.12. The van der Waals surface area contributed by atoms with Gasteiger partial charge < -0.3 is 9.88 Å². The highest BCUT2D eigenvalue weighted by molar-refractivity contribution is 7.71. The predicted octanol–water partition coefficient (Wildman–Crippen LogP) is 3.61. The number of rotatable bonds is 7. The summed E-state index contributed by atoms with van der Waals surface area (Å²) in [6, 6.07) is 10.7. The molecule has 3 fully saturated rings. The molecule has 1 aromatic carbocycles. The lowest BCUT2D eigenvalue weighted by molar-refractivity contribution is -0.126. The van der Waals surface area contributed by atoms with Gasteiger partial charge in [0.2, 0.25) is 5.91 Å². The predicted molar refractivity (Wildman–Crippen MR) is 114 cm³/mol. The van der Waals surface area contributed by atoms with Crippen molar-refractivity contribution in [1.29, 1.82) is 0 Å². The summed E-state index contributed by atoms with van der Waals surface area (Å²) in [6.07, 6.45) is 6.77. The van der Waals surface area contributed by atoms with Crippen molar-refractivity contribution in [3.8, 4) is 0 Å². The Labute approximate surface area is 176 Å². The van der Waals surface area contributed by atoms with Crippen LogP contribution in [0.1, 0.15) is 61.9 Å². The Morgan fingerprint density at radius 1 is 1.07 bits per heavy atom. The molecule has 29 heavy (non-hydrogen) atoms. The molecule has 0 spiro atoms. The van der Waals surface area contributed by atoms with Crippen LogP contribution in [0, 0.1) is 10.7 Å². The van der Waals surface area contributed by atoms with E-state index in [0.717, 1.165) is 42.9 Å².